The van der Waals surface area contributed by atoms with Gasteiger partial charge in [0.1, 0.15) is 0 Å². The molecular weight excluding hydrogens is 352 g/mol. The van der Waals surface area contributed by atoms with Gasteiger partial charge in [-0.05, 0) is 77.6 Å². The van der Waals surface area contributed by atoms with Gasteiger partial charge in [0.25, 0.3) is 0 Å². The highest BCUT2D eigenvalue weighted by Crippen LogP contribution is 2.37. The van der Waals surface area contributed by atoms with Gasteiger partial charge >= 0.3 is 0 Å². The fourth-order valence-electron chi connectivity index (χ4n) is 4.10. The van der Waals surface area contributed by atoms with Crippen LogP contribution in [0.15, 0.2) is 48.5 Å². The SMILES string of the molecule is Cc1cc(C(c2ccc(C(C)(C)C)cc2)c2cc(C)c(N)c(C)c2)cc(C)c1N. The van der Waals surface area contributed by atoms with Crippen LogP contribution >= 0.6 is 0 Å². The Hall–Kier alpha value is -2.74. The zero-order chi connectivity index (χ0) is 21.5. The number of aryl methyl sites for hydroxylation is 4. The topological polar surface area (TPSA) is 52.0 Å². The van der Waals surface area contributed by atoms with Crippen LogP contribution in [-0.4, -0.2) is 0 Å². The predicted molar refractivity (Wildman–Crippen MR) is 127 cm³/mol. The maximum atomic E-state index is 6.25. The van der Waals surface area contributed by atoms with E-state index in [0.29, 0.717) is 0 Å². The third-order valence-electron chi connectivity index (χ3n) is 6.01. The predicted octanol–water partition coefficient (Wildman–Crippen LogP) is 6.56. The van der Waals surface area contributed by atoms with E-state index in [2.05, 4.69) is 97.0 Å². The Labute approximate surface area is 176 Å². The van der Waals surface area contributed by atoms with Gasteiger partial charge in [-0.1, -0.05) is 69.3 Å². The van der Waals surface area contributed by atoms with E-state index in [9.17, 15) is 0 Å². The van der Waals surface area contributed by atoms with Crippen LogP contribution in [-0.2, 0) is 5.41 Å². The molecule has 3 aromatic carbocycles. The van der Waals surface area contributed by atoms with Gasteiger partial charge in [0.2, 0.25) is 0 Å². The first kappa shape index (κ1) is 21.0. The molecular formula is C27H34N2. The van der Waals surface area contributed by atoms with Gasteiger partial charge in [0.15, 0.2) is 0 Å². The lowest BCUT2D eigenvalue weighted by atomic mass is 9.80. The lowest BCUT2D eigenvalue weighted by Gasteiger charge is -2.24. The van der Waals surface area contributed by atoms with Crippen molar-refractivity contribution in [3.63, 3.8) is 0 Å². The Morgan fingerprint density at radius 2 is 0.931 bits per heavy atom. The number of hydrogen-bond acceptors (Lipinski definition) is 2. The standard InChI is InChI=1S/C27H34N2/c1-16-12-21(13-17(2)25(16)28)24(22-14-18(3)26(29)19(4)15-22)20-8-10-23(11-9-20)27(5,6)7/h8-15,24H,28-29H2,1-7H3. The van der Waals surface area contributed by atoms with Crippen molar-refractivity contribution in [3.05, 3.63) is 93.0 Å². The van der Waals surface area contributed by atoms with Gasteiger partial charge in [-0.2, -0.15) is 0 Å². The monoisotopic (exact) mass is 386 g/mol. The highest BCUT2D eigenvalue weighted by atomic mass is 14.6. The van der Waals surface area contributed by atoms with Gasteiger partial charge in [0, 0.05) is 17.3 Å². The van der Waals surface area contributed by atoms with Crippen LogP contribution in [0, 0.1) is 27.7 Å². The number of benzene rings is 3. The summed E-state index contributed by atoms with van der Waals surface area (Å²) >= 11 is 0. The van der Waals surface area contributed by atoms with Crippen molar-refractivity contribution in [2.75, 3.05) is 11.5 Å². The summed E-state index contributed by atoms with van der Waals surface area (Å²) in [5.41, 5.74) is 24.0. The molecule has 4 N–H and O–H groups in total. The van der Waals surface area contributed by atoms with E-state index >= 15 is 0 Å². The summed E-state index contributed by atoms with van der Waals surface area (Å²) in [6.45, 7) is 15.1. The van der Waals surface area contributed by atoms with Crippen molar-refractivity contribution in [2.24, 2.45) is 0 Å². The molecule has 0 saturated heterocycles. The van der Waals surface area contributed by atoms with E-state index in [1.54, 1.807) is 0 Å². The van der Waals surface area contributed by atoms with Crippen LogP contribution in [0.3, 0.4) is 0 Å². The van der Waals surface area contributed by atoms with E-state index in [-0.39, 0.29) is 11.3 Å². The average molecular weight is 387 g/mol. The highest BCUT2D eigenvalue weighted by Gasteiger charge is 2.21. The summed E-state index contributed by atoms with van der Waals surface area (Å²) in [7, 11) is 0. The Kier molecular flexibility index (Phi) is 5.49. The molecule has 0 spiro atoms. The molecule has 0 heterocycles. The Morgan fingerprint density at radius 3 is 1.24 bits per heavy atom. The minimum absolute atomic E-state index is 0.136. The molecule has 0 atom stereocenters. The van der Waals surface area contributed by atoms with E-state index in [4.69, 9.17) is 11.5 Å². The first-order valence-corrected chi connectivity index (χ1v) is 10.3. The van der Waals surface area contributed by atoms with Crippen molar-refractivity contribution < 1.29 is 0 Å². The smallest absolute Gasteiger partial charge is 0.0373 e. The fourth-order valence-corrected chi connectivity index (χ4v) is 4.10. The highest BCUT2D eigenvalue weighted by molar-refractivity contribution is 5.60. The number of hydrogen-bond donors (Lipinski definition) is 2. The molecule has 0 aliphatic carbocycles. The molecule has 0 aliphatic heterocycles. The van der Waals surface area contributed by atoms with E-state index in [1.165, 1.54) is 22.3 Å². The quantitative estimate of drug-likeness (QED) is 0.395. The molecule has 0 radical (unpaired) electrons. The molecule has 0 aliphatic rings. The van der Waals surface area contributed by atoms with Gasteiger partial charge in [0.05, 0.1) is 0 Å². The van der Waals surface area contributed by atoms with Crippen molar-refractivity contribution in [1.29, 1.82) is 0 Å². The molecule has 3 rings (SSSR count). The minimum atomic E-state index is 0.136. The molecule has 2 nitrogen and oxygen atoms in total. The summed E-state index contributed by atoms with van der Waals surface area (Å²) in [4.78, 5) is 0. The molecule has 0 unspecified atom stereocenters. The molecule has 2 heteroatoms. The van der Waals surface area contributed by atoms with Crippen LogP contribution in [0.25, 0.3) is 0 Å². The van der Waals surface area contributed by atoms with E-state index in [0.717, 1.165) is 33.6 Å². The maximum absolute atomic E-state index is 6.25. The summed E-state index contributed by atoms with van der Waals surface area (Å²) in [6, 6.07) is 18.0. The van der Waals surface area contributed by atoms with Crippen molar-refractivity contribution >= 4 is 11.4 Å². The van der Waals surface area contributed by atoms with E-state index < -0.39 is 0 Å². The fraction of sp³-hybridized carbons (Fsp3) is 0.333. The average Bonchev–Trinajstić information content (AvgIpc) is 2.64. The summed E-state index contributed by atoms with van der Waals surface area (Å²) in [5.74, 6) is 0.139. The second kappa shape index (κ2) is 7.59. The molecule has 29 heavy (non-hydrogen) atoms. The number of anilines is 2. The lowest BCUT2D eigenvalue weighted by Crippen LogP contribution is -2.12. The van der Waals surface area contributed by atoms with Crippen LogP contribution < -0.4 is 11.5 Å². The van der Waals surface area contributed by atoms with Crippen molar-refractivity contribution in [2.45, 2.75) is 59.8 Å². The van der Waals surface area contributed by atoms with Gasteiger partial charge in [-0.25, -0.2) is 0 Å². The molecule has 0 saturated carbocycles. The largest absolute Gasteiger partial charge is 0.398 e. The third kappa shape index (κ3) is 4.17. The molecule has 0 amide bonds. The lowest BCUT2D eigenvalue weighted by molar-refractivity contribution is 0.590. The van der Waals surface area contributed by atoms with Crippen molar-refractivity contribution in [1.82, 2.24) is 0 Å². The summed E-state index contributed by atoms with van der Waals surface area (Å²) < 4.78 is 0. The summed E-state index contributed by atoms with van der Waals surface area (Å²) in [6.07, 6.45) is 0. The van der Waals surface area contributed by atoms with Crippen LogP contribution in [0.2, 0.25) is 0 Å². The zero-order valence-corrected chi connectivity index (χ0v) is 18.9. The normalized spacial score (nSPS) is 11.9. The first-order valence-electron chi connectivity index (χ1n) is 10.3. The number of nitrogen functional groups attached to an aromatic ring is 2. The third-order valence-corrected chi connectivity index (χ3v) is 6.01. The van der Waals surface area contributed by atoms with Crippen LogP contribution in [0.4, 0.5) is 11.4 Å². The molecule has 0 bridgehead atoms. The minimum Gasteiger partial charge on any atom is -0.398 e. The molecule has 0 fully saturated rings. The Morgan fingerprint density at radius 1 is 0.586 bits per heavy atom. The molecule has 152 valence electrons. The van der Waals surface area contributed by atoms with Gasteiger partial charge in [-0.15, -0.1) is 0 Å². The summed E-state index contributed by atoms with van der Waals surface area (Å²) in [5, 5.41) is 0. The second-order valence-electron chi connectivity index (χ2n) is 9.44. The van der Waals surface area contributed by atoms with Crippen LogP contribution in [0.5, 0.6) is 0 Å². The van der Waals surface area contributed by atoms with Gasteiger partial charge in [-0.3, -0.25) is 0 Å². The van der Waals surface area contributed by atoms with Gasteiger partial charge < -0.3 is 11.5 Å². The number of rotatable bonds is 3. The maximum Gasteiger partial charge on any atom is 0.0373 e. The molecule has 3 aromatic rings. The van der Waals surface area contributed by atoms with Crippen molar-refractivity contribution in [3.8, 4) is 0 Å². The Balaban J connectivity index is 2.22. The molecule has 0 aromatic heterocycles. The second-order valence-corrected chi connectivity index (χ2v) is 9.44. The van der Waals surface area contributed by atoms with Crippen LogP contribution in [0.1, 0.15) is 71.2 Å². The first-order chi connectivity index (χ1) is 13.5. The van der Waals surface area contributed by atoms with E-state index in [1.807, 2.05) is 0 Å². The zero-order valence-electron chi connectivity index (χ0n) is 18.9. The number of nitrogens with two attached hydrogens (primary N) is 2. The Bertz CT molecular complexity index is 934.